The normalized spacial score (nSPS) is 10.7. The number of aryl methyl sites for hydroxylation is 1. The summed E-state index contributed by atoms with van der Waals surface area (Å²) in [7, 11) is 1.80. The largest absolute Gasteiger partial charge is 0.305 e. The summed E-state index contributed by atoms with van der Waals surface area (Å²) in [4.78, 5) is 18.5. The van der Waals surface area contributed by atoms with Gasteiger partial charge in [0.05, 0.1) is 18.1 Å². The van der Waals surface area contributed by atoms with Gasteiger partial charge < -0.3 is 4.98 Å². The molecule has 18 heavy (non-hydrogen) atoms. The van der Waals surface area contributed by atoms with Crippen molar-refractivity contribution in [2.75, 3.05) is 0 Å². The quantitative estimate of drug-likeness (QED) is 0.656. The van der Waals surface area contributed by atoms with E-state index in [2.05, 4.69) is 30.5 Å². The van der Waals surface area contributed by atoms with Crippen molar-refractivity contribution in [1.29, 1.82) is 0 Å². The van der Waals surface area contributed by atoms with E-state index in [4.69, 9.17) is 0 Å². The Bertz CT molecular complexity index is 725. The molecule has 8 heteroatoms. The van der Waals surface area contributed by atoms with Gasteiger partial charge in [-0.3, -0.25) is 9.48 Å². The summed E-state index contributed by atoms with van der Waals surface area (Å²) in [6, 6.07) is 1.42. The van der Waals surface area contributed by atoms with Crippen molar-refractivity contribution < 1.29 is 0 Å². The summed E-state index contributed by atoms with van der Waals surface area (Å²) in [5.74, 6) is 0.370. The molecule has 0 radical (unpaired) electrons. The Kier molecular flexibility index (Phi) is 2.26. The first-order chi connectivity index (χ1) is 8.72. The summed E-state index contributed by atoms with van der Waals surface area (Å²) in [6.45, 7) is 0. The van der Waals surface area contributed by atoms with E-state index in [1.165, 1.54) is 12.3 Å². The molecule has 2 N–H and O–H groups in total. The predicted molar refractivity (Wildman–Crippen MR) is 62.4 cm³/mol. The van der Waals surface area contributed by atoms with E-state index < -0.39 is 0 Å². The highest BCUT2D eigenvalue weighted by molar-refractivity contribution is 5.59. The molecule has 3 heterocycles. The Morgan fingerprint density at radius 2 is 2.17 bits per heavy atom. The third-order valence-electron chi connectivity index (χ3n) is 2.40. The third kappa shape index (κ3) is 1.79. The molecular weight excluding hydrogens is 234 g/mol. The Balaban J connectivity index is 2.15. The first-order valence-electron chi connectivity index (χ1n) is 5.19. The molecule has 0 aliphatic carbocycles. The standard InChI is InChI=1S/C10H9N7O/c1-17-5-6(3-12-17)7-2-9(18)14-10(13-7)8-4-11-16-15-8/h2-5H,1H3,(H,11,15,16)(H,13,14,18). The van der Waals surface area contributed by atoms with E-state index in [-0.39, 0.29) is 5.56 Å². The second-order valence-electron chi connectivity index (χ2n) is 3.74. The SMILES string of the molecule is Cn1cc(-c2cc(=O)[nH]c(-c3cn[nH]n3)n2)cn1. The van der Waals surface area contributed by atoms with Crippen LogP contribution in [0.3, 0.4) is 0 Å². The molecule has 0 spiro atoms. The van der Waals surface area contributed by atoms with Gasteiger partial charge in [0, 0.05) is 24.9 Å². The number of hydrogen-bond acceptors (Lipinski definition) is 5. The minimum Gasteiger partial charge on any atom is -0.305 e. The molecule has 3 rings (SSSR count). The summed E-state index contributed by atoms with van der Waals surface area (Å²) in [5, 5.41) is 14.1. The molecule has 0 aromatic carbocycles. The van der Waals surface area contributed by atoms with Gasteiger partial charge in [0.15, 0.2) is 5.82 Å². The van der Waals surface area contributed by atoms with Crippen molar-refractivity contribution in [3.8, 4) is 22.8 Å². The number of aromatic nitrogens is 7. The van der Waals surface area contributed by atoms with Crippen LogP contribution in [0.2, 0.25) is 0 Å². The van der Waals surface area contributed by atoms with Crippen molar-refractivity contribution >= 4 is 0 Å². The average molecular weight is 243 g/mol. The summed E-state index contributed by atoms with van der Waals surface area (Å²) in [5.41, 5.74) is 1.55. The van der Waals surface area contributed by atoms with Gasteiger partial charge in [-0.1, -0.05) is 0 Å². The second kappa shape index (κ2) is 3.91. The molecule has 0 amide bonds. The molecule has 0 aliphatic heterocycles. The molecule has 0 fully saturated rings. The van der Waals surface area contributed by atoms with E-state index in [1.54, 1.807) is 24.1 Å². The van der Waals surface area contributed by atoms with Crippen LogP contribution in [-0.4, -0.2) is 35.2 Å². The Labute approximate surface area is 101 Å². The molecule has 90 valence electrons. The maximum atomic E-state index is 11.6. The summed E-state index contributed by atoms with van der Waals surface area (Å²) < 4.78 is 1.65. The van der Waals surface area contributed by atoms with Crippen LogP contribution in [0.15, 0.2) is 29.5 Å². The molecular formula is C10H9N7O. The van der Waals surface area contributed by atoms with Crippen molar-refractivity contribution in [3.05, 3.63) is 35.0 Å². The van der Waals surface area contributed by atoms with Crippen LogP contribution in [0.1, 0.15) is 0 Å². The molecule has 3 aromatic heterocycles. The summed E-state index contributed by atoms with van der Waals surface area (Å²) >= 11 is 0. The van der Waals surface area contributed by atoms with E-state index in [0.717, 1.165) is 5.56 Å². The number of H-pyrrole nitrogens is 2. The number of nitrogens with zero attached hydrogens (tertiary/aromatic N) is 5. The minimum absolute atomic E-state index is 0.248. The van der Waals surface area contributed by atoms with Gasteiger partial charge in [-0.05, 0) is 0 Å². The van der Waals surface area contributed by atoms with Gasteiger partial charge in [0.2, 0.25) is 0 Å². The Morgan fingerprint density at radius 1 is 1.28 bits per heavy atom. The minimum atomic E-state index is -0.248. The van der Waals surface area contributed by atoms with Crippen LogP contribution in [0.5, 0.6) is 0 Å². The Hall–Kier alpha value is -2.77. The smallest absolute Gasteiger partial charge is 0.251 e. The molecule has 0 saturated carbocycles. The van der Waals surface area contributed by atoms with Crippen molar-refractivity contribution in [2.45, 2.75) is 0 Å². The lowest BCUT2D eigenvalue weighted by Gasteiger charge is -1.99. The van der Waals surface area contributed by atoms with Crippen molar-refractivity contribution in [2.24, 2.45) is 7.05 Å². The maximum absolute atomic E-state index is 11.6. The highest BCUT2D eigenvalue weighted by Crippen LogP contribution is 2.16. The molecule has 0 bridgehead atoms. The molecule has 0 unspecified atom stereocenters. The highest BCUT2D eigenvalue weighted by atomic mass is 16.1. The fourth-order valence-electron chi connectivity index (χ4n) is 1.60. The zero-order valence-electron chi connectivity index (χ0n) is 9.45. The fourth-order valence-corrected chi connectivity index (χ4v) is 1.60. The van der Waals surface area contributed by atoms with Crippen LogP contribution in [0.25, 0.3) is 22.8 Å². The maximum Gasteiger partial charge on any atom is 0.251 e. The van der Waals surface area contributed by atoms with Crippen molar-refractivity contribution in [3.63, 3.8) is 0 Å². The number of hydrogen-bond donors (Lipinski definition) is 2. The molecule has 3 aromatic rings. The predicted octanol–water partition coefficient (Wildman–Crippen LogP) is -0.0445. The van der Waals surface area contributed by atoms with E-state index in [9.17, 15) is 4.79 Å². The van der Waals surface area contributed by atoms with Crippen LogP contribution in [-0.2, 0) is 7.05 Å². The second-order valence-corrected chi connectivity index (χ2v) is 3.74. The zero-order chi connectivity index (χ0) is 12.5. The lowest BCUT2D eigenvalue weighted by molar-refractivity contribution is 0.768. The van der Waals surface area contributed by atoms with Gasteiger partial charge in [0.25, 0.3) is 5.56 Å². The molecule has 0 atom stereocenters. The van der Waals surface area contributed by atoms with Gasteiger partial charge in [-0.25, -0.2) is 4.98 Å². The van der Waals surface area contributed by atoms with Gasteiger partial charge in [-0.15, -0.1) is 0 Å². The Morgan fingerprint density at radius 3 is 2.83 bits per heavy atom. The van der Waals surface area contributed by atoms with E-state index >= 15 is 0 Å². The lowest BCUT2D eigenvalue weighted by atomic mass is 10.2. The average Bonchev–Trinajstić information content (AvgIpc) is 2.98. The molecule has 8 nitrogen and oxygen atoms in total. The monoisotopic (exact) mass is 243 g/mol. The number of aromatic amines is 2. The fraction of sp³-hybridized carbons (Fsp3) is 0.100. The van der Waals surface area contributed by atoms with Crippen LogP contribution in [0, 0.1) is 0 Å². The van der Waals surface area contributed by atoms with E-state index in [1.807, 2.05) is 0 Å². The molecule has 0 saturated heterocycles. The first kappa shape index (κ1) is 10.4. The molecule has 0 aliphatic rings. The summed E-state index contributed by atoms with van der Waals surface area (Å²) in [6.07, 6.45) is 4.92. The van der Waals surface area contributed by atoms with Crippen molar-refractivity contribution in [1.82, 2.24) is 35.2 Å². The van der Waals surface area contributed by atoms with Gasteiger partial charge in [0.1, 0.15) is 5.69 Å². The lowest BCUT2D eigenvalue weighted by Crippen LogP contribution is -2.08. The number of nitrogens with one attached hydrogen (secondary N) is 2. The first-order valence-corrected chi connectivity index (χ1v) is 5.19. The van der Waals surface area contributed by atoms with Crippen LogP contribution in [0.4, 0.5) is 0 Å². The topological polar surface area (TPSA) is 105 Å². The highest BCUT2D eigenvalue weighted by Gasteiger charge is 2.09. The van der Waals surface area contributed by atoms with Gasteiger partial charge in [-0.2, -0.15) is 20.5 Å². The van der Waals surface area contributed by atoms with Crippen LogP contribution >= 0.6 is 0 Å². The van der Waals surface area contributed by atoms with E-state index in [0.29, 0.717) is 17.2 Å². The van der Waals surface area contributed by atoms with Crippen LogP contribution < -0.4 is 5.56 Å². The van der Waals surface area contributed by atoms with Gasteiger partial charge >= 0.3 is 0 Å². The number of rotatable bonds is 2. The zero-order valence-corrected chi connectivity index (χ0v) is 9.45. The third-order valence-corrected chi connectivity index (χ3v) is 2.40.